The van der Waals surface area contributed by atoms with E-state index in [0.717, 1.165) is 51.0 Å². The van der Waals surface area contributed by atoms with Crippen LogP contribution in [0.4, 0.5) is 0 Å². The van der Waals surface area contributed by atoms with Gasteiger partial charge in [-0.3, -0.25) is 4.99 Å². The third-order valence-electron chi connectivity index (χ3n) is 4.12. The Balaban J connectivity index is 1.63. The number of rotatable bonds is 6. The maximum absolute atomic E-state index is 5.69. The first-order valence-electron chi connectivity index (χ1n) is 7.90. The van der Waals surface area contributed by atoms with E-state index in [0.29, 0.717) is 6.10 Å². The highest BCUT2D eigenvalue weighted by molar-refractivity contribution is 5.79. The number of guanidine groups is 1. The zero-order valence-electron chi connectivity index (χ0n) is 12.5. The lowest BCUT2D eigenvalue weighted by Crippen LogP contribution is -2.47. The lowest BCUT2D eigenvalue weighted by molar-refractivity contribution is 0.0264. The Labute approximate surface area is 117 Å². The van der Waals surface area contributed by atoms with Crippen molar-refractivity contribution in [1.82, 2.24) is 10.2 Å². The molecule has 2 rings (SSSR count). The molecule has 0 aromatic carbocycles. The standard InChI is InChI=1S/C15H29N3O/c1-3-19-14-8-11-18(12-9-14)15(16-2)17-10-4-5-13-6-7-13/h13-14H,3-12H2,1-2H3,(H,16,17). The zero-order chi connectivity index (χ0) is 13.5. The molecule has 110 valence electrons. The quantitative estimate of drug-likeness (QED) is 0.455. The fourth-order valence-corrected chi connectivity index (χ4v) is 2.80. The molecular formula is C15H29N3O. The Morgan fingerprint density at radius 2 is 2.00 bits per heavy atom. The van der Waals surface area contributed by atoms with E-state index in [1.165, 1.54) is 25.7 Å². The van der Waals surface area contributed by atoms with E-state index in [9.17, 15) is 0 Å². The summed E-state index contributed by atoms with van der Waals surface area (Å²) in [5.41, 5.74) is 0. The monoisotopic (exact) mass is 267 g/mol. The van der Waals surface area contributed by atoms with Gasteiger partial charge < -0.3 is 15.0 Å². The molecule has 2 aliphatic rings. The van der Waals surface area contributed by atoms with E-state index in [1.807, 2.05) is 7.05 Å². The van der Waals surface area contributed by atoms with Crippen LogP contribution in [0.15, 0.2) is 4.99 Å². The molecule has 0 unspecified atom stereocenters. The lowest BCUT2D eigenvalue weighted by atomic mass is 10.1. The fourth-order valence-electron chi connectivity index (χ4n) is 2.80. The molecule has 1 N–H and O–H groups in total. The minimum atomic E-state index is 0.453. The van der Waals surface area contributed by atoms with Crippen molar-refractivity contribution in [3.8, 4) is 0 Å². The minimum absolute atomic E-state index is 0.453. The summed E-state index contributed by atoms with van der Waals surface area (Å²) < 4.78 is 5.69. The van der Waals surface area contributed by atoms with Crippen molar-refractivity contribution in [2.24, 2.45) is 10.9 Å². The van der Waals surface area contributed by atoms with Gasteiger partial charge in [0, 0.05) is 33.3 Å². The van der Waals surface area contributed by atoms with Crippen molar-refractivity contribution in [1.29, 1.82) is 0 Å². The van der Waals surface area contributed by atoms with Gasteiger partial charge in [0.05, 0.1) is 6.10 Å². The van der Waals surface area contributed by atoms with Crippen LogP contribution in [-0.2, 0) is 4.74 Å². The molecule has 4 nitrogen and oxygen atoms in total. The van der Waals surface area contributed by atoms with Crippen molar-refractivity contribution in [3.05, 3.63) is 0 Å². The van der Waals surface area contributed by atoms with Gasteiger partial charge in [0.2, 0.25) is 0 Å². The van der Waals surface area contributed by atoms with Gasteiger partial charge in [0.15, 0.2) is 5.96 Å². The van der Waals surface area contributed by atoms with Crippen LogP contribution < -0.4 is 5.32 Å². The summed E-state index contributed by atoms with van der Waals surface area (Å²) in [5.74, 6) is 2.11. The molecule has 4 heteroatoms. The summed E-state index contributed by atoms with van der Waals surface area (Å²) >= 11 is 0. The number of aliphatic imine (C=N–C) groups is 1. The average molecular weight is 267 g/mol. The maximum atomic E-state index is 5.69. The second-order valence-corrected chi connectivity index (χ2v) is 5.70. The van der Waals surface area contributed by atoms with E-state index < -0.39 is 0 Å². The van der Waals surface area contributed by atoms with E-state index in [4.69, 9.17) is 4.74 Å². The molecule has 0 bridgehead atoms. The van der Waals surface area contributed by atoms with Crippen LogP contribution in [0.1, 0.15) is 45.4 Å². The highest BCUT2D eigenvalue weighted by Gasteiger charge is 2.22. The molecule has 1 saturated carbocycles. The minimum Gasteiger partial charge on any atom is -0.378 e. The van der Waals surface area contributed by atoms with Crippen LogP contribution in [-0.4, -0.2) is 50.3 Å². The van der Waals surface area contributed by atoms with E-state index >= 15 is 0 Å². The van der Waals surface area contributed by atoms with Crippen molar-refractivity contribution in [2.75, 3.05) is 33.3 Å². The molecular weight excluding hydrogens is 238 g/mol. The molecule has 1 aliphatic heterocycles. The third-order valence-corrected chi connectivity index (χ3v) is 4.12. The summed E-state index contributed by atoms with van der Waals surface area (Å²) in [6, 6.07) is 0. The summed E-state index contributed by atoms with van der Waals surface area (Å²) in [6.45, 7) is 6.10. The summed E-state index contributed by atoms with van der Waals surface area (Å²) in [5, 5.41) is 3.50. The number of ether oxygens (including phenoxy) is 1. The molecule has 0 aromatic heterocycles. The van der Waals surface area contributed by atoms with Crippen LogP contribution in [0.25, 0.3) is 0 Å². The highest BCUT2D eigenvalue weighted by atomic mass is 16.5. The van der Waals surface area contributed by atoms with E-state index in [1.54, 1.807) is 0 Å². The number of hydrogen-bond acceptors (Lipinski definition) is 2. The first-order chi connectivity index (χ1) is 9.33. The Morgan fingerprint density at radius 3 is 2.58 bits per heavy atom. The molecule has 0 amide bonds. The molecule has 19 heavy (non-hydrogen) atoms. The summed E-state index contributed by atoms with van der Waals surface area (Å²) in [7, 11) is 1.89. The van der Waals surface area contributed by atoms with Crippen LogP contribution in [0.2, 0.25) is 0 Å². The summed E-state index contributed by atoms with van der Waals surface area (Å²) in [4.78, 5) is 6.77. The molecule has 1 aliphatic carbocycles. The average Bonchev–Trinajstić information content (AvgIpc) is 3.25. The first-order valence-corrected chi connectivity index (χ1v) is 7.90. The van der Waals surface area contributed by atoms with Crippen molar-refractivity contribution >= 4 is 5.96 Å². The predicted octanol–water partition coefficient (Wildman–Crippen LogP) is 2.25. The van der Waals surface area contributed by atoms with E-state index in [-0.39, 0.29) is 0 Å². The van der Waals surface area contributed by atoms with Gasteiger partial charge in [-0.25, -0.2) is 0 Å². The Hall–Kier alpha value is -0.770. The molecule has 0 radical (unpaired) electrons. The topological polar surface area (TPSA) is 36.9 Å². The Kier molecular flexibility index (Phi) is 5.95. The molecule has 1 heterocycles. The maximum Gasteiger partial charge on any atom is 0.193 e. The number of piperidine rings is 1. The van der Waals surface area contributed by atoms with Gasteiger partial charge in [0.1, 0.15) is 0 Å². The van der Waals surface area contributed by atoms with Crippen molar-refractivity contribution < 1.29 is 4.74 Å². The Morgan fingerprint density at radius 1 is 1.26 bits per heavy atom. The molecule has 2 fully saturated rings. The normalized spacial score (nSPS) is 21.8. The highest BCUT2D eigenvalue weighted by Crippen LogP contribution is 2.33. The van der Waals surface area contributed by atoms with Crippen LogP contribution in [0, 0.1) is 5.92 Å². The van der Waals surface area contributed by atoms with Gasteiger partial charge in [-0.2, -0.15) is 0 Å². The van der Waals surface area contributed by atoms with Crippen LogP contribution in [0.3, 0.4) is 0 Å². The Bertz CT molecular complexity index is 281. The first kappa shape index (κ1) is 14.6. The molecule has 0 atom stereocenters. The predicted molar refractivity (Wildman–Crippen MR) is 79.5 cm³/mol. The third kappa shape index (κ3) is 5.01. The van der Waals surface area contributed by atoms with Gasteiger partial charge >= 0.3 is 0 Å². The summed E-state index contributed by atoms with van der Waals surface area (Å²) in [6.07, 6.45) is 8.27. The molecule has 0 aromatic rings. The second-order valence-electron chi connectivity index (χ2n) is 5.70. The molecule has 1 saturated heterocycles. The number of likely N-dealkylation sites (tertiary alicyclic amines) is 1. The smallest absolute Gasteiger partial charge is 0.193 e. The number of hydrogen-bond donors (Lipinski definition) is 1. The lowest BCUT2D eigenvalue weighted by Gasteiger charge is -2.34. The van der Waals surface area contributed by atoms with Crippen LogP contribution in [0.5, 0.6) is 0 Å². The van der Waals surface area contributed by atoms with Gasteiger partial charge in [-0.1, -0.05) is 12.8 Å². The SMILES string of the molecule is CCOC1CCN(C(=NC)NCCCC2CC2)CC1. The van der Waals surface area contributed by atoms with Crippen molar-refractivity contribution in [2.45, 2.75) is 51.6 Å². The van der Waals surface area contributed by atoms with Gasteiger partial charge in [-0.15, -0.1) is 0 Å². The second kappa shape index (κ2) is 7.73. The van der Waals surface area contributed by atoms with Gasteiger partial charge in [0.25, 0.3) is 0 Å². The number of nitrogens with zero attached hydrogens (tertiary/aromatic N) is 2. The van der Waals surface area contributed by atoms with Gasteiger partial charge in [-0.05, 0) is 38.5 Å². The fraction of sp³-hybridized carbons (Fsp3) is 0.933. The van der Waals surface area contributed by atoms with Crippen LogP contribution >= 0.6 is 0 Å². The zero-order valence-corrected chi connectivity index (χ0v) is 12.5. The molecule has 0 spiro atoms. The van der Waals surface area contributed by atoms with Crippen molar-refractivity contribution in [3.63, 3.8) is 0 Å². The van der Waals surface area contributed by atoms with E-state index in [2.05, 4.69) is 22.1 Å². The number of nitrogens with one attached hydrogen (secondary N) is 1. The largest absolute Gasteiger partial charge is 0.378 e.